The molecule has 2 N–H and O–H groups in total. The van der Waals surface area contributed by atoms with Crippen LogP contribution in [0.1, 0.15) is 24.4 Å². The molecule has 0 spiro atoms. The molecular weight excluding hydrogens is 250 g/mol. The fraction of sp³-hybridized carbons (Fsp3) is 0.467. The van der Waals surface area contributed by atoms with Crippen LogP contribution in [0.25, 0.3) is 0 Å². The van der Waals surface area contributed by atoms with E-state index in [0.717, 1.165) is 32.0 Å². The minimum atomic E-state index is 0.0796. The molecule has 2 atom stereocenters. The summed E-state index contributed by atoms with van der Waals surface area (Å²) in [4.78, 5) is 2.41. The molecule has 0 radical (unpaired) electrons. The van der Waals surface area contributed by atoms with Crippen molar-refractivity contribution in [2.24, 2.45) is 11.7 Å². The Bertz CT molecular complexity index is 550. The van der Waals surface area contributed by atoms with Crippen LogP contribution in [0.4, 0.5) is 0 Å². The third kappa shape index (κ3) is 2.73. The van der Waals surface area contributed by atoms with Gasteiger partial charge in [0.05, 0.1) is 6.54 Å². The number of fused-ring (bicyclic) bond motifs is 1. The van der Waals surface area contributed by atoms with Gasteiger partial charge in [0.15, 0.2) is 0 Å². The Balaban J connectivity index is 1.61. The Labute approximate surface area is 119 Å². The van der Waals surface area contributed by atoms with Crippen molar-refractivity contribution in [1.82, 2.24) is 19.7 Å². The molecule has 0 amide bonds. The van der Waals surface area contributed by atoms with Crippen molar-refractivity contribution in [2.45, 2.75) is 26.1 Å². The van der Waals surface area contributed by atoms with Crippen LogP contribution in [-0.4, -0.2) is 32.8 Å². The second kappa shape index (κ2) is 5.73. The second-order valence-corrected chi connectivity index (χ2v) is 5.59. The lowest BCUT2D eigenvalue weighted by atomic mass is 9.95. The molecule has 2 heterocycles. The topological polar surface area (TPSA) is 60.0 Å². The third-order valence-electron chi connectivity index (χ3n) is 4.06. The zero-order valence-electron chi connectivity index (χ0n) is 11.8. The number of nitrogens with zero attached hydrogens (tertiary/aromatic N) is 4. The molecule has 20 heavy (non-hydrogen) atoms. The summed E-state index contributed by atoms with van der Waals surface area (Å²) in [6, 6.07) is 10.4. The van der Waals surface area contributed by atoms with Crippen LogP contribution in [0, 0.1) is 5.92 Å². The minimum Gasteiger partial charge on any atom is -0.324 e. The van der Waals surface area contributed by atoms with E-state index < -0.39 is 0 Å². The van der Waals surface area contributed by atoms with Gasteiger partial charge in [-0.1, -0.05) is 37.3 Å². The molecule has 5 nitrogen and oxygen atoms in total. The molecule has 3 rings (SSSR count). The van der Waals surface area contributed by atoms with Crippen LogP contribution in [0.3, 0.4) is 0 Å². The van der Waals surface area contributed by atoms with Gasteiger partial charge in [0.1, 0.15) is 12.2 Å². The molecule has 0 saturated heterocycles. The van der Waals surface area contributed by atoms with Crippen molar-refractivity contribution in [3.05, 3.63) is 48.0 Å². The summed E-state index contributed by atoms with van der Waals surface area (Å²) in [5, 5.41) is 8.12. The standard InChI is InChI=1S/C15H21N5/c1-12(15(16)13-5-3-2-4-6-13)9-19-7-8-20-11-17-18-14(20)10-19/h2-6,11-12,15H,7-10,16H2,1H3. The van der Waals surface area contributed by atoms with Crippen molar-refractivity contribution in [2.75, 3.05) is 13.1 Å². The number of rotatable bonds is 4. The highest BCUT2D eigenvalue weighted by atomic mass is 15.3. The van der Waals surface area contributed by atoms with E-state index in [9.17, 15) is 0 Å². The first-order chi connectivity index (χ1) is 9.74. The average Bonchev–Trinajstić information content (AvgIpc) is 2.95. The Morgan fingerprint density at radius 3 is 2.85 bits per heavy atom. The van der Waals surface area contributed by atoms with Gasteiger partial charge in [-0.3, -0.25) is 4.90 Å². The fourth-order valence-electron chi connectivity index (χ4n) is 2.80. The average molecular weight is 271 g/mol. The lowest BCUT2D eigenvalue weighted by Crippen LogP contribution is -2.38. The number of hydrogen-bond acceptors (Lipinski definition) is 4. The largest absolute Gasteiger partial charge is 0.324 e. The van der Waals surface area contributed by atoms with Gasteiger partial charge in [-0.25, -0.2) is 0 Å². The summed E-state index contributed by atoms with van der Waals surface area (Å²) < 4.78 is 2.12. The van der Waals surface area contributed by atoms with Gasteiger partial charge in [0.2, 0.25) is 0 Å². The van der Waals surface area contributed by atoms with E-state index in [1.54, 1.807) is 0 Å². The van der Waals surface area contributed by atoms with E-state index in [2.05, 4.69) is 38.7 Å². The third-order valence-corrected chi connectivity index (χ3v) is 4.06. The Hall–Kier alpha value is -1.72. The lowest BCUT2D eigenvalue weighted by molar-refractivity contribution is 0.179. The molecule has 1 aromatic heterocycles. The maximum Gasteiger partial charge on any atom is 0.147 e. The quantitative estimate of drug-likeness (QED) is 0.914. The van der Waals surface area contributed by atoms with Gasteiger partial charge in [0, 0.05) is 25.7 Å². The first-order valence-electron chi connectivity index (χ1n) is 7.13. The fourth-order valence-corrected chi connectivity index (χ4v) is 2.80. The van der Waals surface area contributed by atoms with Crippen LogP contribution >= 0.6 is 0 Å². The molecule has 2 unspecified atom stereocenters. The predicted octanol–water partition coefficient (Wildman–Crippen LogP) is 1.43. The Morgan fingerprint density at radius 1 is 1.25 bits per heavy atom. The highest BCUT2D eigenvalue weighted by Gasteiger charge is 2.22. The molecule has 1 aromatic carbocycles. The first-order valence-corrected chi connectivity index (χ1v) is 7.13. The van der Waals surface area contributed by atoms with Crippen LogP contribution < -0.4 is 5.73 Å². The maximum absolute atomic E-state index is 6.37. The molecule has 5 heteroatoms. The molecule has 0 fully saturated rings. The maximum atomic E-state index is 6.37. The van der Waals surface area contributed by atoms with Crippen molar-refractivity contribution in [3.63, 3.8) is 0 Å². The van der Waals surface area contributed by atoms with Gasteiger partial charge in [0.25, 0.3) is 0 Å². The van der Waals surface area contributed by atoms with Crippen LogP contribution in [-0.2, 0) is 13.1 Å². The zero-order valence-corrected chi connectivity index (χ0v) is 11.8. The SMILES string of the molecule is CC(CN1CCn2cnnc2C1)C(N)c1ccccc1. The normalized spacial score (nSPS) is 18.5. The van der Waals surface area contributed by atoms with Crippen LogP contribution in [0.2, 0.25) is 0 Å². The van der Waals surface area contributed by atoms with E-state index in [1.807, 2.05) is 24.5 Å². The molecule has 0 saturated carbocycles. The monoisotopic (exact) mass is 271 g/mol. The van der Waals surface area contributed by atoms with E-state index in [1.165, 1.54) is 5.56 Å². The van der Waals surface area contributed by atoms with Crippen molar-refractivity contribution >= 4 is 0 Å². The summed E-state index contributed by atoms with van der Waals surface area (Å²) in [5.41, 5.74) is 7.58. The van der Waals surface area contributed by atoms with Gasteiger partial charge >= 0.3 is 0 Å². The number of nitrogens with two attached hydrogens (primary N) is 1. The molecule has 1 aliphatic heterocycles. The minimum absolute atomic E-state index is 0.0796. The first kappa shape index (κ1) is 13.3. The van der Waals surface area contributed by atoms with Gasteiger partial charge in [-0.15, -0.1) is 10.2 Å². The highest BCUT2D eigenvalue weighted by Crippen LogP contribution is 2.21. The molecular formula is C15H21N5. The molecule has 0 bridgehead atoms. The number of aromatic nitrogens is 3. The van der Waals surface area contributed by atoms with Crippen LogP contribution in [0.5, 0.6) is 0 Å². The molecule has 2 aromatic rings. The van der Waals surface area contributed by atoms with Gasteiger partial charge in [-0.2, -0.15) is 0 Å². The molecule has 106 valence electrons. The predicted molar refractivity (Wildman–Crippen MR) is 77.8 cm³/mol. The number of benzene rings is 1. The van der Waals surface area contributed by atoms with Gasteiger partial charge < -0.3 is 10.3 Å². The van der Waals surface area contributed by atoms with E-state index in [0.29, 0.717) is 5.92 Å². The summed E-state index contributed by atoms with van der Waals surface area (Å²) >= 11 is 0. The van der Waals surface area contributed by atoms with Crippen LogP contribution in [0.15, 0.2) is 36.7 Å². The highest BCUT2D eigenvalue weighted by molar-refractivity contribution is 5.19. The van der Waals surface area contributed by atoms with Crippen molar-refractivity contribution in [3.8, 4) is 0 Å². The molecule has 0 aliphatic carbocycles. The van der Waals surface area contributed by atoms with Crippen molar-refractivity contribution in [1.29, 1.82) is 0 Å². The van der Waals surface area contributed by atoms with Gasteiger partial charge in [-0.05, 0) is 11.5 Å². The van der Waals surface area contributed by atoms with Crippen molar-refractivity contribution < 1.29 is 0 Å². The smallest absolute Gasteiger partial charge is 0.147 e. The number of hydrogen-bond donors (Lipinski definition) is 1. The lowest BCUT2D eigenvalue weighted by Gasteiger charge is -2.31. The zero-order chi connectivity index (χ0) is 13.9. The summed E-state index contributed by atoms with van der Waals surface area (Å²) in [6.07, 6.45) is 1.81. The summed E-state index contributed by atoms with van der Waals surface area (Å²) in [6.45, 7) is 6.08. The summed E-state index contributed by atoms with van der Waals surface area (Å²) in [5.74, 6) is 1.46. The van der Waals surface area contributed by atoms with E-state index in [-0.39, 0.29) is 6.04 Å². The Morgan fingerprint density at radius 2 is 2.05 bits per heavy atom. The summed E-state index contributed by atoms with van der Waals surface area (Å²) in [7, 11) is 0. The van der Waals surface area contributed by atoms with E-state index >= 15 is 0 Å². The second-order valence-electron chi connectivity index (χ2n) is 5.59. The Kier molecular flexibility index (Phi) is 3.80. The van der Waals surface area contributed by atoms with E-state index in [4.69, 9.17) is 5.73 Å². The molecule has 1 aliphatic rings.